The molecule has 0 saturated carbocycles. The number of hydrogen-bond donors (Lipinski definition) is 1. The zero-order valence-corrected chi connectivity index (χ0v) is 16.9. The number of nitrogens with zero attached hydrogens (tertiary/aromatic N) is 2. The van der Waals surface area contributed by atoms with Gasteiger partial charge in [-0.25, -0.2) is 5.43 Å². The first-order valence-electron chi connectivity index (χ1n) is 8.59. The van der Waals surface area contributed by atoms with Gasteiger partial charge >= 0.3 is 0 Å². The van der Waals surface area contributed by atoms with Gasteiger partial charge < -0.3 is 9.64 Å². The number of anilines is 1. The molecule has 0 aliphatic rings. The highest BCUT2D eigenvalue weighted by atomic mass is 79.9. The maximum atomic E-state index is 11.8. The zero-order chi connectivity index (χ0) is 18.9. The molecule has 1 N–H and O–H groups in total. The number of aryl methyl sites for hydroxylation is 1. The van der Waals surface area contributed by atoms with Crippen LogP contribution in [-0.2, 0) is 4.79 Å². The number of hydrogen-bond acceptors (Lipinski definition) is 4. The van der Waals surface area contributed by atoms with Crippen LogP contribution in [0.15, 0.2) is 52.0 Å². The minimum absolute atomic E-state index is 0.0973. The van der Waals surface area contributed by atoms with Crippen LogP contribution in [0.25, 0.3) is 0 Å². The summed E-state index contributed by atoms with van der Waals surface area (Å²) in [6.07, 6.45) is 1.62. The van der Waals surface area contributed by atoms with E-state index >= 15 is 0 Å². The van der Waals surface area contributed by atoms with Gasteiger partial charge in [0.2, 0.25) is 0 Å². The number of halogens is 1. The van der Waals surface area contributed by atoms with E-state index in [-0.39, 0.29) is 12.5 Å². The van der Waals surface area contributed by atoms with E-state index in [0.29, 0.717) is 5.75 Å². The molecule has 0 saturated heterocycles. The lowest BCUT2D eigenvalue weighted by Crippen LogP contribution is -2.24. The molecule has 1 amide bonds. The van der Waals surface area contributed by atoms with Crippen molar-refractivity contribution in [3.63, 3.8) is 0 Å². The van der Waals surface area contributed by atoms with Gasteiger partial charge in [0.15, 0.2) is 6.61 Å². The second-order valence-corrected chi connectivity index (χ2v) is 6.63. The van der Waals surface area contributed by atoms with Crippen LogP contribution in [-0.4, -0.2) is 31.8 Å². The normalized spacial score (nSPS) is 10.8. The first-order valence-corrected chi connectivity index (χ1v) is 9.38. The van der Waals surface area contributed by atoms with Crippen LogP contribution >= 0.6 is 15.9 Å². The molecule has 0 spiro atoms. The van der Waals surface area contributed by atoms with Crippen LogP contribution < -0.4 is 15.1 Å². The molecule has 0 aliphatic carbocycles. The fraction of sp³-hybridized carbons (Fsp3) is 0.300. The molecule has 0 atom stereocenters. The van der Waals surface area contributed by atoms with E-state index in [2.05, 4.69) is 45.2 Å². The summed E-state index contributed by atoms with van der Waals surface area (Å²) in [4.78, 5) is 14.1. The number of nitrogens with one attached hydrogen (secondary N) is 1. The smallest absolute Gasteiger partial charge is 0.277 e. The van der Waals surface area contributed by atoms with Gasteiger partial charge in [-0.2, -0.15) is 5.10 Å². The molecule has 0 aliphatic heterocycles. The number of hydrazone groups is 1. The number of rotatable bonds is 8. The minimum atomic E-state index is -0.312. The van der Waals surface area contributed by atoms with Crippen molar-refractivity contribution in [2.24, 2.45) is 5.10 Å². The largest absolute Gasteiger partial charge is 0.483 e. The first-order chi connectivity index (χ1) is 12.5. The van der Waals surface area contributed by atoms with E-state index in [1.807, 2.05) is 49.4 Å². The Balaban J connectivity index is 1.83. The third-order valence-corrected chi connectivity index (χ3v) is 4.49. The van der Waals surface area contributed by atoms with Crippen LogP contribution in [0.2, 0.25) is 0 Å². The summed E-state index contributed by atoms with van der Waals surface area (Å²) in [7, 11) is 0. The first kappa shape index (κ1) is 20.0. The molecular formula is C20H24BrN3O2. The van der Waals surface area contributed by atoms with E-state index in [0.717, 1.165) is 28.7 Å². The molecule has 6 heteroatoms. The van der Waals surface area contributed by atoms with Gasteiger partial charge in [0.1, 0.15) is 5.75 Å². The molecule has 0 radical (unpaired) electrons. The summed E-state index contributed by atoms with van der Waals surface area (Å²) in [5.74, 6) is 0.315. The van der Waals surface area contributed by atoms with Crippen molar-refractivity contribution >= 4 is 33.7 Å². The number of amides is 1. The molecule has 0 fully saturated rings. The van der Waals surface area contributed by atoms with Crippen molar-refractivity contribution in [3.8, 4) is 5.75 Å². The van der Waals surface area contributed by atoms with Crippen molar-refractivity contribution in [2.75, 3.05) is 24.6 Å². The van der Waals surface area contributed by atoms with E-state index < -0.39 is 0 Å². The Labute approximate surface area is 163 Å². The van der Waals surface area contributed by atoms with Gasteiger partial charge in [-0.1, -0.05) is 18.2 Å². The Morgan fingerprint density at radius 2 is 1.88 bits per heavy atom. The van der Waals surface area contributed by atoms with Crippen molar-refractivity contribution in [3.05, 3.63) is 58.1 Å². The van der Waals surface area contributed by atoms with E-state index in [1.165, 1.54) is 5.69 Å². The van der Waals surface area contributed by atoms with Crippen molar-refractivity contribution in [1.82, 2.24) is 5.43 Å². The van der Waals surface area contributed by atoms with Crippen molar-refractivity contribution in [1.29, 1.82) is 0 Å². The maximum Gasteiger partial charge on any atom is 0.277 e. The molecule has 0 heterocycles. The molecule has 26 heavy (non-hydrogen) atoms. The lowest BCUT2D eigenvalue weighted by atomic mass is 10.2. The predicted octanol–water partition coefficient (Wildman–Crippen LogP) is 4.13. The summed E-state index contributed by atoms with van der Waals surface area (Å²) < 4.78 is 6.31. The quantitative estimate of drug-likeness (QED) is 0.518. The van der Waals surface area contributed by atoms with Gasteiger partial charge in [0.05, 0.1) is 10.7 Å². The Kier molecular flexibility index (Phi) is 7.66. The second-order valence-electron chi connectivity index (χ2n) is 5.78. The molecule has 138 valence electrons. The van der Waals surface area contributed by atoms with E-state index in [9.17, 15) is 4.79 Å². The average Bonchev–Trinajstić information content (AvgIpc) is 2.63. The minimum Gasteiger partial charge on any atom is -0.483 e. The molecule has 2 rings (SSSR count). The van der Waals surface area contributed by atoms with Crippen LogP contribution in [0, 0.1) is 6.92 Å². The highest BCUT2D eigenvalue weighted by Crippen LogP contribution is 2.25. The highest BCUT2D eigenvalue weighted by Gasteiger charge is 2.05. The predicted molar refractivity (Wildman–Crippen MR) is 110 cm³/mol. The van der Waals surface area contributed by atoms with Crippen molar-refractivity contribution in [2.45, 2.75) is 20.8 Å². The van der Waals surface area contributed by atoms with Crippen LogP contribution in [0.3, 0.4) is 0 Å². The third-order valence-electron chi connectivity index (χ3n) is 3.87. The van der Waals surface area contributed by atoms with E-state index in [4.69, 9.17) is 4.74 Å². The Hall–Kier alpha value is -2.34. The summed E-state index contributed by atoms with van der Waals surface area (Å²) >= 11 is 3.42. The van der Waals surface area contributed by atoms with Gasteiger partial charge in [-0.15, -0.1) is 0 Å². The standard InChI is InChI=1S/C20H24BrN3O2/c1-4-24(5-2)17-9-7-16(8-10-17)13-22-23-20(25)14-26-19-11-6-15(3)12-18(19)21/h6-13H,4-5,14H2,1-3H3,(H,23,25)/b22-13+. The topological polar surface area (TPSA) is 53.9 Å². The molecule has 0 aromatic heterocycles. The summed E-state index contributed by atoms with van der Waals surface area (Å²) in [6.45, 7) is 8.09. The monoisotopic (exact) mass is 417 g/mol. The summed E-state index contributed by atoms with van der Waals surface area (Å²) in [5, 5.41) is 3.98. The van der Waals surface area contributed by atoms with Gasteiger partial charge in [0.25, 0.3) is 5.91 Å². The van der Waals surface area contributed by atoms with Crippen molar-refractivity contribution < 1.29 is 9.53 Å². The summed E-state index contributed by atoms with van der Waals surface area (Å²) in [5.41, 5.74) is 5.68. The fourth-order valence-corrected chi connectivity index (χ4v) is 3.04. The van der Waals surface area contributed by atoms with Gasteiger partial charge in [0, 0.05) is 18.8 Å². The van der Waals surface area contributed by atoms with Gasteiger partial charge in [-0.05, 0) is 72.1 Å². The van der Waals surface area contributed by atoms with Crippen LogP contribution in [0.5, 0.6) is 5.75 Å². The lowest BCUT2D eigenvalue weighted by Gasteiger charge is -2.20. The Morgan fingerprint density at radius 3 is 2.50 bits per heavy atom. The van der Waals surface area contributed by atoms with Gasteiger partial charge in [-0.3, -0.25) is 4.79 Å². The molecule has 0 unspecified atom stereocenters. The van der Waals surface area contributed by atoms with Crippen LogP contribution in [0.4, 0.5) is 5.69 Å². The van der Waals surface area contributed by atoms with Crippen LogP contribution in [0.1, 0.15) is 25.0 Å². The Bertz CT molecular complexity index is 756. The molecular weight excluding hydrogens is 394 g/mol. The summed E-state index contributed by atoms with van der Waals surface area (Å²) in [6, 6.07) is 13.7. The highest BCUT2D eigenvalue weighted by molar-refractivity contribution is 9.10. The number of carbonyl (C=O) groups is 1. The molecule has 5 nitrogen and oxygen atoms in total. The Morgan fingerprint density at radius 1 is 1.19 bits per heavy atom. The second kappa shape index (κ2) is 9.97. The molecule has 2 aromatic carbocycles. The average molecular weight is 418 g/mol. The number of carbonyl (C=O) groups excluding carboxylic acids is 1. The number of benzene rings is 2. The maximum absolute atomic E-state index is 11.8. The molecule has 2 aromatic rings. The third kappa shape index (κ3) is 5.88. The zero-order valence-electron chi connectivity index (χ0n) is 15.3. The fourth-order valence-electron chi connectivity index (χ4n) is 2.44. The number of ether oxygens (including phenoxy) is 1. The SMILES string of the molecule is CCN(CC)c1ccc(/C=N/NC(=O)COc2ccc(C)cc2Br)cc1. The lowest BCUT2D eigenvalue weighted by molar-refractivity contribution is -0.123. The van der Waals surface area contributed by atoms with E-state index in [1.54, 1.807) is 6.21 Å². The molecule has 0 bridgehead atoms.